The van der Waals surface area contributed by atoms with Gasteiger partial charge >= 0.3 is 0 Å². The third-order valence-electron chi connectivity index (χ3n) is 3.38. The summed E-state index contributed by atoms with van der Waals surface area (Å²) in [5, 5.41) is 0.276. The number of benzene rings is 2. The largest absolute Gasteiger partial charge is 0.484 e. The second-order valence-electron chi connectivity index (χ2n) is 4.90. The molecule has 4 heteroatoms. The molecule has 0 radical (unpaired) electrons. The first-order valence-electron chi connectivity index (χ1n) is 6.30. The SMILES string of the molecule is Cc1ccc2c(c1)C(=O)CC(c1ccc(F)cc1Cl)O2. The summed E-state index contributed by atoms with van der Waals surface area (Å²) in [6.45, 7) is 1.93. The van der Waals surface area contributed by atoms with E-state index in [2.05, 4.69) is 0 Å². The van der Waals surface area contributed by atoms with Crippen molar-refractivity contribution in [1.29, 1.82) is 0 Å². The fourth-order valence-electron chi connectivity index (χ4n) is 2.37. The molecule has 2 aromatic rings. The Balaban J connectivity index is 1.99. The normalized spacial score (nSPS) is 17.6. The quantitative estimate of drug-likeness (QED) is 0.773. The summed E-state index contributed by atoms with van der Waals surface area (Å²) < 4.78 is 18.9. The van der Waals surface area contributed by atoms with Crippen LogP contribution in [-0.4, -0.2) is 5.78 Å². The fraction of sp³-hybridized carbons (Fsp3) is 0.188. The summed E-state index contributed by atoms with van der Waals surface area (Å²) in [5.41, 5.74) is 2.24. The number of carbonyl (C=O) groups excluding carboxylic acids is 1. The highest BCUT2D eigenvalue weighted by Gasteiger charge is 2.29. The molecule has 1 unspecified atom stereocenters. The molecule has 1 aliphatic rings. The van der Waals surface area contributed by atoms with E-state index in [4.69, 9.17) is 16.3 Å². The molecule has 1 atom stereocenters. The lowest BCUT2D eigenvalue weighted by Crippen LogP contribution is -2.20. The van der Waals surface area contributed by atoms with Crippen LogP contribution in [0.1, 0.15) is 34.0 Å². The van der Waals surface area contributed by atoms with Gasteiger partial charge in [0.15, 0.2) is 5.78 Å². The number of ether oxygens (including phenoxy) is 1. The molecule has 2 aromatic carbocycles. The Kier molecular flexibility index (Phi) is 3.22. The van der Waals surface area contributed by atoms with Gasteiger partial charge in [-0.1, -0.05) is 29.3 Å². The maximum absolute atomic E-state index is 13.1. The molecule has 1 aliphatic heterocycles. The Bertz CT molecular complexity index is 697. The van der Waals surface area contributed by atoms with E-state index >= 15 is 0 Å². The van der Waals surface area contributed by atoms with E-state index in [0.29, 0.717) is 16.9 Å². The number of rotatable bonds is 1. The summed E-state index contributed by atoms with van der Waals surface area (Å²) in [5.74, 6) is 0.162. The molecule has 0 bridgehead atoms. The minimum Gasteiger partial charge on any atom is -0.484 e. The zero-order valence-corrected chi connectivity index (χ0v) is 11.6. The molecule has 0 aliphatic carbocycles. The van der Waals surface area contributed by atoms with Crippen molar-refractivity contribution in [2.75, 3.05) is 0 Å². The lowest BCUT2D eigenvalue weighted by Gasteiger charge is -2.26. The summed E-state index contributed by atoms with van der Waals surface area (Å²) >= 11 is 6.03. The Morgan fingerprint density at radius 1 is 1.25 bits per heavy atom. The van der Waals surface area contributed by atoms with Crippen molar-refractivity contribution in [1.82, 2.24) is 0 Å². The summed E-state index contributed by atoms with van der Waals surface area (Å²) in [7, 11) is 0. The minimum absolute atomic E-state index is 0.0142. The number of hydrogen-bond donors (Lipinski definition) is 0. The second kappa shape index (κ2) is 4.91. The fourth-order valence-corrected chi connectivity index (χ4v) is 2.66. The van der Waals surface area contributed by atoms with Crippen molar-refractivity contribution in [3.8, 4) is 5.75 Å². The van der Waals surface area contributed by atoms with Gasteiger partial charge in [0.2, 0.25) is 0 Å². The lowest BCUT2D eigenvalue weighted by atomic mass is 9.95. The average Bonchev–Trinajstić information content (AvgIpc) is 2.39. The summed E-state index contributed by atoms with van der Waals surface area (Å²) in [6, 6.07) is 9.61. The molecule has 0 saturated carbocycles. The van der Waals surface area contributed by atoms with Gasteiger partial charge in [-0.15, -0.1) is 0 Å². The van der Waals surface area contributed by atoms with Crippen LogP contribution in [0.5, 0.6) is 5.75 Å². The number of halogens is 2. The van der Waals surface area contributed by atoms with E-state index in [9.17, 15) is 9.18 Å². The topological polar surface area (TPSA) is 26.3 Å². The molecule has 0 spiro atoms. The van der Waals surface area contributed by atoms with Crippen LogP contribution in [0.2, 0.25) is 5.02 Å². The Morgan fingerprint density at radius 3 is 2.80 bits per heavy atom. The van der Waals surface area contributed by atoms with Gasteiger partial charge in [0, 0.05) is 5.56 Å². The molecule has 0 saturated heterocycles. The molecule has 0 amide bonds. The van der Waals surface area contributed by atoms with E-state index in [1.165, 1.54) is 12.1 Å². The number of fused-ring (bicyclic) bond motifs is 1. The van der Waals surface area contributed by atoms with Gasteiger partial charge in [0.1, 0.15) is 17.7 Å². The molecule has 1 heterocycles. The van der Waals surface area contributed by atoms with Gasteiger partial charge in [0.25, 0.3) is 0 Å². The Morgan fingerprint density at radius 2 is 2.05 bits per heavy atom. The van der Waals surface area contributed by atoms with Crippen LogP contribution in [0.25, 0.3) is 0 Å². The van der Waals surface area contributed by atoms with Crippen molar-refractivity contribution in [3.05, 3.63) is 63.9 Å². The molecule has 2 nitrogen and oxygen atoms in total. The maximum atomic E-state index is 13.1. The predicted molar refractivity (Wildman–Crippen MR) is 74.9 cm³/mol. The molecule has 3 rings (SSSR count). The molecular weight excluding hydrogens is 279 g/mol. The minimum atomic E-state index is -0.467. The highest BCUT2D eigenvalue weighted by molar-refractivity contribution is 6.31. The molecular formula is C16H12ClFO2. The van der Waals surface area contributed by atoms with Crippen molar-refractivity contribution in [2.24, 2.45) is 0 Å². The highest BCUT2D eigenvalue weighted by Crippen LogP contribution is 2.37. The van der Waals surface area contributed by atoms with Crippen LogP contribution < -0.4 is 4.74 Å². The summed E-state index contributed by atoms with van der Waals surface area (Å²) in [6.07, 6.45) is -0.257. The average molecular weight is 291 g/mol. The van der Waals surface area contributed by atoms with E-state index in [0.717, 1.165) is 5.56 Å². The Hall–Kier alpha value is -1.87. The van der Waals surface area contributed by atoms with Gasteiger partial charge in [-0.05, 0) is 31.2 Å². The van der Waals surface area contributed by atoms with Crippen molar-refractivity contribution in [2.45, 2.75) is 19.4 Å². The first kappa shape index (κ1) is 13.1. The van der Waals surface area contributed by atoms with Gasteiger partial charge in [-0.25, -0.2) is 4.39 Å². The van der Waals surface area contributed by atoms with Crippen molar-refractivity contribution < 1.29 is 13.9 Å². The highest BCUT2D eigenvalue weighted by atomic mass is 35.5. The van der Waals surface area contributed by atoms with Crippen LogP contribution in [0.15, 0.2) is 36.4 Å². The van der Waals surface area contributed by atoms with Gasteiger partial charge in [-0.2, -0.15) is 0 Å². The number of Topliss-reactive ketones (excluding diaryl/α,β-unsaturated/α-hetero) is 1. The van der Waals surface area contributed by atoms with Gasteiger partial charge in [-0.3, -0.25) is 4.79 Å². The Labute approximate surface area is 121 Å². The van der Waals surface area contributed by atoms with Crippen LogP contribution in [0.4, 0.5) is 4.39 Å². The van der Waals surface area contributed by atoms with Crippen LogP contribution in [-0.2, 0) is 0 Å². The predicted octanol–water partition coefficient (Wildman–Crippen LogP) is 4.49. The van der Waals surface area contributed by atoms with E-state index in [-0.39, 0.29) is 17.2 Å². The molecule has 0 aromatic heterocycles. The zero-order chi connectivity index (χ0) is 14.3. The van der Waals surface area contributed by atoms with E-state index in [1.807, 2.05) is 19.1 Å². The van der Waals surface area contributed by atoms with Gasteiger partial charge in [0.05, 0.1) is 17.0 Å². The molecule has 0 N–H and O–H groups in total. The lowest BCUT2D eigenvalue weighted by molar-refractivity contribution is 0.0850. The third-order valence-corrected chi connectivity index (χ3v) is 3.71. The first-order valence-corrected chi connectivity index (χ1v) is 6.68. The first-order chi connectivity index (χ1) is 9.54. The monoisotopic (exact) mass is 290 g/mol. The molecule has 102 valence electrons. The van der Waals surface area contributed by atoms with Crippen LogP contribution in [0, 0.1) is 12.7 Å². The van der Waals surface area contributed by atoms with Crippen molar-refractivity contribution in [3.63, 3.8) is 0 Å². The van der Waals surface area contributed by atoms with Crippen LogP contribution >= 0.6 is 11.6 Å². The molecule has 20 heavy (non-hydrogen) atoms. The number of ketones is 1. The van der Waals surface area contributed by atoms with E-state index < -0.39 is 11.9 Å². The number of carbonyl (C=O) groups is 1. The van der Waals surface area contributed by atoms with Crippen molar-refractivity contribution >= 4 is 17.4 Å². The van der Waals surface area contributed by atoms with Gasteiger partial charge < -0.3 is 4.74 Å². The third kappa shape index (κ3) is 2.29. The second-order valence-corrected chi connectivity index (χ2v) is 5.31. The number of hydrogen-bond acceptors (Lipinski definition) is 2. The smallest absolute Gasteiger partial charge is 0.170 e. The van der Waals surface area contributed by atoms with E-state index in [1.54, 1.807) is 12.1 Å². The zero-order valence-electron chi connectivity index (χ0n) is 10.8. The molecule has 0 fully saturated rings. The maximum Gasteiger partial charge on any atom is 0.170 e. The summed E-state index contributed by atoms with van der Waals surface area (Å²) in [4.78, 5) is 12.2. The standard InChI is InChI=1S/C16H12ClFO2/c1-9-2-5-15-12(6-9)14(19)8-16(20-15)11-4-3-10(18)7-13(11)17/h2-7,16H,8H2,1H3. The number of aryl methyl sites for hydroxylation is 1. The van der Waals surface area contributed by atoms with Crippen LogP contribution in [0.3, 0.4) is 0 Å².